The summed E-state index contributed by atoms with van der Waals surface area (Å²) in [4.78, 5) is 30.4. The molecule has 0 bridgehead atoms. The second-order valence-corrected chi connectivity index (χ2v) is 6.87. The molecule has 0 aliphatic carbocycles. The van der Waals surface area contributed by atoms with E-state index in [1.54, 1.807) is 30.4 Å². The number of piperazine rings is 1. The van der Waals surface area contributed by atoms with E-state index in [4.69, 9.17) is 4.74 Å². The number of hydrogen-bond donors (Lipinski definition) is 0. The van der Waals surface area contributed by atoms with Gasteiger partial charge in [-0.15, -0.1) is 0 Å². The first-order valence-electron chi connectivity index (χ1n) is 9.46. The van der Waals surface area contributed by atoms with Crippen LogP contribution in [0.3, 0.4) is 0 Å². The SMILES string of the molecule is COCCn1cnc2cc(N3CCN(Cc4ncccn4)CC3)ccc2c1=O. The number of rotatable bonds is 6. The van der Waals surface area contributed by atoms with E-state index in [0.717, 1.165) is 49.8 Å². The van der Waals surface area contributed by atoms with Gasteiger partial charge in [-0.1, -0.05) is 0 Å². The summed E-state index contributed by atoms with van der Waals surface area (Å²) >= 11 is 0. The third-order valence-electron chi connectivity index (χ3n) is 5.07. The molecule has 28 heavy (non-hydrogen) atoms. The van der Waals surface area contributed by atoms with Crippen LogP contribution in [0.5, 0.6) is 0 Å². The molecule has 1 aliphatic heterocycles. The van der Waals surface area contributed by atoms with Crippen LogP contribution in [0.15, 0.2) is 47.8 Å². The minimum atomic E-state index is -0.0266. The largest absolute Gasteiger partial charge is 0.383 e. The van der Waals surface area contributed by atoms with Crippen LogP contribution in [-0.2, 0) is 17.8 Å². The van der Waals surface area contributed by atoms with Crippen molar-refractivity contribution in [3.8, 4) is 0 Å². The third kappa shape index (κ3) is 4.02. The van der Waals surface area contributed by atoms with E-state index in [2.05, 4.69) is 24.8 Å². The van der Waals surface area contributed by atoms with Gasteiger partial charge in [0.1, 0.15) is 5.82 Å². The molecule has 0 unspecified atom stereocenters. The van der Waals surface area contributed by atoms with Crippen molar-refractivity contribution in [2.24, 2.45) is 0 Å². The van der Waals surface area contributed by atoms with Crippen LogP contribution in [0.4, 0.5) is 5.69 Å². The summed E-state index contributed by atoms with van der Waals surface area (Å²) in [5.74, 6) is 0.857. The van der Waals surface area contributed by atoms with Crippen LogP contribution in [-0.4, -0.2) is 64.3 Å². The number of benzene rings is 1. The minimum Gasteiger partial charge on any atom is -0.383 e. The first kappa shape index (κ1) is 18.5. The van der Waals surface area contributed by atoms with Crippen LogP contribution in [0, 0.1) is 0 Å². The van der Waals surface area contributed by atoms with Crippen molar-refractivity contribution in [1.29, 1.82) is 0 Å². The third-order valence-corrected chi connectivity index (χ3v) is 5.07. The van der Waals surface area contributed by atoms with Gasteiger partial charge in [0.15, 0.2) is 0 Å². The van der Waals surface area contributed by atoms with Crippen LogP contribution < -0.4 is 10.5 Å². The first-order chi connectivity index (χ1) is 13.7. The number of nitrogens with zero attached hydrogens (tertiary/aromatic N) is 6. The smallest absolute Gasteiger partial charge is 0.261 e. The number of methoxy groups -OCH3 is 1. The minimum absolute atomic E-state index is 0.0266. The van der Waals surface area contributed by atoms with Crippen LogP contribution >= 0.6 is 0 Å². The maximum absolute atomic E-state index is 12.6. The van der Waals surface area contributed by atoms with Gasteiger partial charge in [-0.2, -0.15) is 0 Å². The van der Waals surface area contributed by atoms with Crippen molar-refractivity contribution >= 4 is 16.6 Å². The fraction of sp³-hybridized carbons (Fsp3) is 0.400. The lowest BCUT2D eigenvalue weighted by Crippen LogP contribution is -2.46. The predicted octanol–water partition coefficient (Wildman–Crippen LogP) is 1.16. The molecule has 0 radical (unpaired) electrons. The van der Waals surface area contributed by atoms with Gasteiger partial charge in [0, 0.05) is 51.4 Å². The number of fused-ring (bicyclic) bond motifs is 1. The highest BCUT2D eigenvalue weighted by molar-refractivity contribution is 5.81. The van der Waals surface area contributed by atoms with Gasteiger partial charge in [-0.25, -0.2) is 15.0 Å². The average molecular weight is 380 g/mol. The number of anilines is 1. The summed E-state index contributed by atoms with van der Waals surface area (Å²) in [5, 5.41) is 0.641. The lowest BCUT2D eigenvalue weighted by atomic mass is 10.2. The Labute approximate surface area is 163 Å². The maximum atomic E-state index is 12.6. The molecule has 8 nitrogen and oxygen atoms in total. The molecule has 4 rings (SSSR count). The molecule has 1 saturated heterocycles. The van der Waals surface area contributed by atoms with Gasteiger partial charge in [-0.3, -0.25) is 14.3 Å². The van der Waals surface area contributed by atoms with Gasteiger partial charge in [0.05, 0.1) is 36.9 Å². The molecular formula is C20H24N6O2. The Bertz CT molecular complexity index is 983. The molecular weight excluding hydrogens is 356 g/mol. The number of aromatic nitrogens is 4. The van der Waals surface area contributed by atoms with E-state index in [-0.39, 0.29) is 5.56 Å². The topological polar surface area (TPSA) is 76.4 Å². The molecule has 1 aliphatic rings. The van der Waals surface area contributed by atoms with Crippen molar-refractivity contribution in [3.05, 3.63) is 59.2 Å². The lowest BCUT2D eigenvalue weighted by molar-refractivity contribution is 0.186. The first-order valence-corrected chi connectivity index (χ1v) is 9.46. The molecule has 0 amide bonds. The highest BCUT2D eigenvalue weighted by Gasteiger charge is 2.18. The van der Waals surface area contributed by atoms with Gasteiger partial charge < -0.3 is 9.64 Å². The Balaban J connectivity index is 1.44. The van der Waals surface area contributed by atoms with Crippen LogP contribution in [0.1, 0.15) is 5.82 Å². The van der Waals surface area contributed by atoms with Gasteiger partial charge in [-0.05, 0) is 24.3 Å². The molecule has 0 N–H and O–H groups in total. The quantitative estimate of drug-likeness (QED) is 0.635. The van der Waals surface area contributed by atoms with Gasteiger partial charge >= 0.3 is 0 Å². The highest BCUT2D eigenvalue weighted by atomic mass is 16.5. The average Bonchev–Trinajstić information content (AvgIpc) is 2.74. The normalized spacial score (nSPS) is 15.2. The van der Waals surface area contributed by atoms with Gasteiger partial charge in [0.25, 0.3) is 5.56 Å². The molecule has 3 aromatic rings. The standard InChI is InChI=1S/C20H24N6O2/c1-28-12-11-26-15-23-18-13-16(3-4-17(18)20(26)27)25-9-7-24(8-10-25)14-19-21-5-2-6-22-19/h2-6,13,15H,7-12,14H2,1H3. The molecule has 3 heterocycles. The van der Waals surface area contributed by atoms with E-state index >= 15 is 0 Å². The Hall–Kier alpha value is -2.84. The summed E-state index contributed by atoms with van der Waals surface area (Å²) in [6.45, 7) is 5.50. The predicted molar refractivity (Wildman–Crippen MR) is 107 cm³/mol. The zero-order chi connectivity index (χ0) is 19.3. The second kappa shape index (κ2) is 8.45. The molecule has 1 aromatic carbocycles. The Kier molecular flexibility index (Phi) is 5.59. The maximum Gasteiger partial charge on any atom is 0.261 e. The Morgan fingerprint density at radius 2 is 1.86 bits per heavy atom. The summed E-state index contributed by atoms with van der Waals surface area (Å²) in [5.41, 5.74) is 1.81. The van der Waals surface area contributed by atoms with Gasteiger partial charge in [0.2, 0.25) is 0 Å². The van der Waals surface area contributed by atoms with E-state index < -0.39 is 0 Å². The molecule has 0 atom stereocenters. The van der Waals surface area contributed by atoms with E-state index in [1.807, 2.05) is 24.3 Å². The Morgan fingerprint density at radius 1 is 1.07 bits per heavy atom. The van der Waals surface area contributed by atoms with E-state index in [9.17, 15) is 4.79 Å². The molecule has 146 valence electrons. The molecule has 2 aromatic heterocycles. The summed E-state index contributed by atoms with van der Waals surface area (Å²) < 4.78 is 6.64. The molecule has 8 heteroatoms. The second-order valence-electron chi connectivity index (χ2n) is 6.87. The van der Waals surface area contributed by atoms with Crippen molar-refractivity contribution in [2.75, 3.05) is 44.8 Å². The number of ether oxygens (including phenoxy) is 1. The summed E-state index contributed by atoms with van der Waals surface area (Å²) in [6, 6.07) is 7.74. The van der Waals surface area contributed by atoms with Crippen molar-refractivity contribution in [3.63, 3.8) is 0 Å². The molecule has 0 spiro atoms. The number of hydrogen-bond acceptors (Lipinski definition) is 7. The van der Waals surface area contributed by atoms with Crippen LogP contribution in [0.2, 0.25) is 0 Å². The van der Waals surface area contributed by atoms with Crippen molar-refractivity contribution in [1.82, 2.24) is 24.4 Å². The zero-order valence-electron chi connectivity index (χ0n) is 16.0. The summed E-state index contributed by atoms with van der Waals surface area (Å²) in [7, 11) is 1.62. The monoisotopic (exact) mass is 380 g/mol. The summed E-state index contributed by atoms with van der Waals surface area (Å²) in [6.07, 6.45) is 5.17. The van der Waals surface area contributed by atoms with E-state index in [0.29, 0.717) is 18.5 Å². The fourth-order valence-corrected chi connectivity index (χ4v) is 3.47. The highest BCUT2D eigenvalue weighted by Crippen LogP contribution is 2.20. The van der Waals surface area contributed by atoms with Crippen molar-refractivity contribution < 1.29 is 4.74 Å². The fourth-order valence-electron chi connectivity index (χ4n) is 3.47. The molecule has 0 saturated carbocycles. The zero-order valence-corrected chi connectivity index (χ0v) is 16.0. The lowest BCUT2D eigenvalue weighted by Gasteiger charge is -2.35. The van der Waals surface area contributed by atoms with E-state index in [1.165, 1.54) is 0 Å². The van der Waals surface area contributed by atoms with Crippen LogP contribution in [0.25, 0.3) is 10.9 Å². The van der Waals surface area contributed by atoms with Crippen molar-refractivity contribution in [2.45, 2.75) is 13.1 Å². The Morgan fingerprint density at radius 3 is 2.61 bits per heavy atom. The molecule has 1 fully saturated rings.